The Morgan fingerprint density at radius 2 is 1.69 bits per heavy atom. The van der Waals surface area contributed by atoms with E-state index in [0.29, 0.717) is 32.5 Å². The molecule has 7 heteroatoms. The summed E-state index contributed by atoms with van der Waals surface area (Å²) in [6.07, 6.45) is 7.71. The van der Waals surface area contributed by atoms with Gasteiger partial charge in [0.1, 0.15) is 16.8 Å². The van der Waals surface area contributed by atoms with Crippen LogP contribution in [0.2, 0.25) is 0 Å². The molecular formula is C29H36O6S. The quantitative estimate of drug-likeness (QED) is 0.406. The van der Waals surface area contributed by atoms with E-state index in [1.807, 2.05) is 37.3 Å². The summed E-state index contributed by atoms with van der Waals surface area (Å²) >= 11 is 0. The molecule has 0 amide bonds. The van der Waals surface area contributed by atoms with Crippen LogP contribution >= 0.6 is 0 Å². The molecule has 1 N–H and O–H groups in total. The third-order valence-electron chi connectivity index (χ3n) is 8.23. The molecule has 0 aromatic heterocycles. The first-order valence-corrected chi connectivity index (χ1v) is 14.4. The van der Waals surface area contributed by atoms with Gasteiger partial charge in [-0.3, -0.25) is 4.18 Å². The van der Waals surface area contributed by atoms with Crippen LogP contribution in [0, 0.1) is 6.92 Å². The summed E-state index contributed by atoms with van der Waals surface area (Å²) in [6.45, 7) is 3.16. The lowest BCUT2D eigenvalue weighted by Crippen LogP contribution is -2.70. The topological polar surface area (TPSA) is 82.1 Å². The fourth-order valence-electron chi connectivity index (χ4n) is 6.49. The van der Waals surface area contributed by atoms with Crippen LogP contribution in [0.4, 0.5) is 0 Å². The van der Waals surface area contributed by atoms with Crippen LogP contribution < -0.4 is 0 Å². The van der Waals surface area contributed by atoms with Crippen molar-refractivity contribution in [3.63, 3.8) is 0 Å². The van der Waals surface area contributed by atoms with Gasteiger partial charge in [-0.1, -0.05) is 54.1 Å². The van der Waals surface area contributed by atoms with Gasteiger partial charge in [-0.25, -0.2) is 0 Å². The van der Waals surface area contributed by atoms with Gasteiger partial charge >= 0.3 is 0 Å². The Morgan fingerprint density at radius 3 is 2.36 bits per heavy atom. The van der Waals surface area contributed by atoms with Crippen molar-refractivity contribution in [2.75, 3.05) is 19.8 Å². The molecule has 3 aliphatic rings. The molecule has 5 rings (SSSR count). The van der Waals surface area contributed by atoms with E-state index in [-0.39, 0.29) is 11.5 Å². The second-order valence-electron chi connectivity index (χ2n) is 10.4. The Hall–Kier alpha value is -2.03. The zero-order valence-corrected chi connectivity index (χ0v) is 21.8. The van der Waals surface area contributed by atoms with E-state index in [1.54, 1.807) is 24.3 Å². The van der Waals surface area contributed by atoms with Crippen LogP contribution in [0.1, 0.15) is 62.5 Å². The Balaban J connectivity index is 1.41. The van der Waals surface area contributed by atoms with Crippen LogP contribution in [-0.2, 0) is 23.8 Å². The largest absolute Gasteiger partial charge is 0.382 e. The van der Waals surface area contributed by atoms with Crippen LogP contribution in [0.25, 0.3) is 6.08 Å². The van der Waals surface area contributed by atoms with Crippen LogP contribution in [0.15, 0.2) is 65.1 Å². The molecule has 36 heavy (non-hydrogen) atoms. The Bertz CT molecular complexity index is 1180. The van der Waals surface area contributed by atoms with Crippen molar-refractivity contribution >= 4 is 16.2 Å². The van der Waals surface area contributed by atoms with E-state index in [1.165, 1.54) is 0 Å². The van der Waals surface area contributed by atoms with E-state index < -0.39 is 26.9 Å². The van der Waals surface area contributed by atoms with E-state index in [2.05, 4.69) is 6.08 Å². The van der Waals surface area contributed by atoms with Crippen molar-refractivity contribution < 1.29 is 27.2 Å². The average molecular weight is 513 g/mol. The van der Waals surface area contributed by atoms with Crippen LogP contribution in [-0.4, -0.2) is 50.1 Å². The summed E-state index contributed by atoms with van der Waals surface area (Å²) in [5.41, 5.74) is 0.306. The van der Waals surface area contributed by atoms with Crippen LogP contribution in [0.5, 0.6) is 0 Å². The molecule has 0 bridgehead atoms. The maximum absolute atomic E-state index is 12.7. The van der Waals surface area contributed by atoms with Crippen molar-refractivity contribution in [3.8, 4) is 0 Å². The normalized spacial score (nSPS) is 31.6. The maximum Gasteiger partial charge on any atom is 0.296 e. The minimum atomic E-state index is -3.86. The predicted molar refractivity (Wildman–Crippen MR) is 138 cm³/mol. The van der Waals surface area contributed by atoms with Gasteiger partial charge in [0.05, 0.1) is 11.5 Å². The lowest BCUT2D eigenvalue weighted by atomic mass is 9.57. The van der Waals surface area contributed by atoms with E-state index in [0.717, 1.165) is 48.8 Å². The Kier molecular flexibility index (Phi) is 7.13. The first-order chi connectivity index (χ1) is 17.3. The minimum Gasteiger partial charge on any atom is -0.382 e. The van der Waals surface area contributed by atoms with Gasteiger partial charge in [-0.15, -0.1) is 0 Å². The number of aryl methyl sites for hydroxylation is 1. The van der Waals surface area contributed by atoms with E-state index in [9.17, 15) is 13.5 Å². The second-order valence-corrected chi connectivity index (χ2v) is 12.0. The Labute approximate surface area is 214 Å². The van der Waals surface area contributed by atoms with Gasteiger partial charge < -0.3 is 14.6 Å². The van der Waals surface area contributed by atoms with Gasteiger partial charge in [-0.2, -0.15) is 8.42 Å². The van der Waals surface area contributed by atoms with Gasteiger partial charge in [0.25, 0.3) is 10.1 Å². The summed E-state index contributed by atoms with van der Waals surface area (Å²) in [5.74, 6) is 0. The molecular weight excluding hydrogens is 476 g/mol. The van der Waals surface area contributed by atoms with Gasteiger partial charge in [0.15, 0.2) is 0 Å². The highest BCUT2D eigenvalue weighted by Gasteiger charge is 2.69. The van der Waals surface area contributed by atoms with Crippen LogP contribution in [0.3, 0.4) is 0 Å². The zero-order chi connectivity index (χ0) is 25.3. The van der Waals surface area contributed by atoms with Gasteiger partial charge in [0, 0.05) is 13.2 Å². The third-order valence-corrected chi connectivity index (χ3v) is 9.56. The molecule has 1 saturated carbocycles. The second kappa shape index (κ2) is 10.0. The molecule has 2 aromatic rings. The number of ether oxygens (including phenoxy) is 2. The monoisotopic (exact) mass is 512 g/mol. The number of benzene rings is 2. The zero-order valence-electron chi connectivity index (χ0n) is 20.9. The fourth-order valence-corrected chi connectivity index (χ4v) is 7.44. The molecule has 3 fully saturated rings. The molecule has 194 valence electrons. The van der Waals surface area contributed by atoms with E-state index >= 15 is 0 Å². The molecule has 1 aliphatic carbocycles. The van der Waals surface area contributed by atoms with Crippen molar-refractivity contribution in [2.45, 2.75) is 80.0 Å². The van der Waals surface area contributed by atoms with Crippen molar-refractivity contribution in [3.05, 3.63) is 71.3 Å². The van der Waals surface area contributed by atoms with Crippen molar-refractivity contribution in [2.24, 2.45) is 0 Å². The first-order valence-electron chi connectivity index (χ1n) is 13.0. The highest BCUT2D eigenvalue weighted by atomic mass is 32.2. The summed E-state index contributed by atoms with van der Waals surface area (Å²) in [7, 11) is -3.86. The third kappa shape index (κ3) is 4.45. The Morgan fingerprint density at radius 1 is 0.972 bits per heavy atom. The number of fused-ring (bicyclic) bond motifs is 1. The number of hydrogen-bond donors (Lipinski definition) is 1. The molecule has 0 unspecified atom stereocenters. The molecule has 2 spiro atoms. The predicted octanol–water partition coefficient (Wildman–Crippen LogP) is 5.19. The number of aliphatic hydroxyl groups is 1. The summed E-state index contributed by atoms with van der Waals surface area (Å²) < 4.78 is 43.7. The highest BCUT2D eigenvalue weighted by molar-refractivity contribution is 7.86. The summed E-state index contributed by atoms with van der Waals surface area (Å²) in [5, 5.41) is 12.6. The summed E-state index contributed by atoms with van der Waals surface area (Å²) in [6, 6.07) is 16.6. The summed E-state index contributed by atoms with van der Waals surface area (Å²) in [4.78, 5) is 0.142. The SMILES string of the molecule is Cc1ccc(S(=O)(=O)OCCC[C@]2(O)/C(=C/c3ccccc3)CC[C@@]3(CCCO3)[C@@]23CCCO3)cc1. The molecule has 6 nitrogen and oxygen atoms in total. The number of rotatable bonds is 7. The lowest BCUT2D eigenvalue weighted by Gasteiger charge is -2.58. The first kappa shape index (κ1) is 25.6. The molecule has 2 heterocycles. The minimum absolute atomic E-state index is 0.0128. The fraction of sp³-hybridized carbons (Fsp3) is 0.517. The van der Waals surface area contributed by atoms with Crippen molar-refractivity contribution in [1.82, 2.24) is 0 Å². The highest BCUT2D eigenvalue weighted by Crippen LogP contribution is 2.60. The molecule has 3 atom stereocenters. The average Bonchev–Trinajstić information content (AvgIpc) is 3.56. The van der Waals surface area contributed by atoms with E-state index in [4.69, 9.17) is 13.7 Å². The van der Waals surface area contributed by atoms with Crippen molar-refractivity contribution in [1.29, 1.82) is 0 Å². The van der Waals surface area contributed by atoms with Gasteiger partial charge in [0.2, 0.25) is 0 Å². The molecule has 2 saturated heterocycles. The standard InChI is InChI=1S/C29H36O6S/c1-23-10-12-26(13-11-23)36(31,32)35-21-6-16-28(30)25(22-24-8-3-2-4-9-24)14-18-27(15-5-19-33-27)29(28)17-7-20-34-29/h2-4,8-13,22,30H,5-7,14-21H2,1H3/b25-22+/t27-,28-,29-/m0/s1. The number of hydrogen-bond acceptors (Lipinski definition) is 6. The molecule has 2 aliphatic heterocycles. The van der Waals surface area contributed by atoms with Gasteiger partial charge in [-0.05, 0) is 81.6 Å². The molecule has 0 radical (unpaired) electrons. The molecule has 2 aromatic carbocycles. The smallest absolute Gasteiger partial charge is 0.296 e. The maximum atomic E-state index is 12.7. The lowest BCUT2D eigenvalue weighted by molar-refractivity contribution is -0.257.